The van der Waals surface area contributed by atoms with Crippen LogP contribution in [0.25, 0.3) is 11.3 Å². The lowest BCUT2D eigenvalue weighted by molar-refractivity contribution is 0.776. The molecule has 1 aromatic carbocycles. The van der Waals surface area contributed by atoms with Crippen LogP contribution in [-0.4, -0.2) is 16.5 Å². The summed E-state index contributed by atoms with van der Waals surface area (Å²) in [5.74, 6) is 0.890. The number of hydrogen-bond acceptors (Lipinski definition) is 3. The van der Waals surface area contributed by atoms with E-state index in [-0.39, 0.29) is 0 Å². The molecule has 3 heteroatoms. The van der Waals surface area contributed by atoms with Crippen LogP contribution >= 0.6 is 0 Å². The molecule has 0 aliphatic rings. The Hall–Kier alpha value is -1.74. The van der Waals surface area contributed by atoms with Gasteiger partial charge in [-0.3, -0.25) is 0 Å². The van der Waals surface area contributed by atoms with E-state index in [9.17, 15) is 0 Å². The van der Waals surface area contributed by atoms with Crippen molar-refractivity contribution in [1.82, 2.24) is 9.97 Å². The minimum Gasteiger partial charge on any atom is -0.330 e. The number of nitrogens with zero attached hydrogens (tertiary/aromatic N) is 2. The maximum atomic E-state index is 5.55. The Morgan fingerprint density at radius 1 is 1.05 bits per heavy atom. The first-order chi connectivity index (χ1) is 9.10. The summed E-state index contributed by atoms with van der Waals surface area (Å²) in [7, 11) is 0. The number of nitrogens with two attached hydrogens (primary N) is 1. The van der Waals surface area contributed by atoms with Crippen molar-refractivity contribution in [3.63, 3.8) is 0 Å². The van der Waals surface area contributed by atoms with Gasteiger partial charge in [-0.1, -0.05) is 17.7 Å². The Balaban J connectivity index is 2.43. The van der Waals surface area contributed by atoms with E-state index < -0.39 is 0 Å². The summed E-state index contributed by atoms with van der Waals surface area (Å²) in [5, 5.41) is 0. The zero-order valence-electron chi connectivity index (χ0n) is 11.9. The van der Waals surface area contributed by atoms with E-state index in [1.807, 2.05) is 13.0 Å². The fourth-order valence-corrected chi connectivity index (χ4v) is 2.15. The molecule has 2 aromatic rings. The zero-order valence-corrected chi connectivity index (χ0v) is 11.9. The van der Waals surface area contributed by atoms with Gasteiger partial charge in [0.05, 0.1) is 5.69 Å². The van der Waals surface area contributed by atoms with Crippen LogP contribution in [0.2, 0.25) is 0 Å². The molecule has 19 heavy (non-hydrogen) atoms. The Morgan fingerprint density at radius 3 is 2.58 bits per heavy atom. The van der Waals surface area contributed by atoms with Crippen molar-refractivity contribution in [2.45, 2.75) is 33.6 Å². The van der Waals surface area contributed by atoms with Gasteiger partial charge in [0, 0.05) is 17.7 Å². The highest BCUT2D eigenvalue weighted by molar-refractivity contribution is 5.64. The Bertz CT molecular complexity index is 576. The molecule has 3 nitrogen and oxygen atoms in total. The van der Waals surface area contributed by atoms with Crippen LogP contribution in [0.5, 0.6) is 0 Å². The van der Waals surface area contributed by atoms with Crippen LogP contribution in [0.1, 0.15) is 29.1 Å². The molecule has 2 N–H and O–H groups in total. The van der Waals surface area contributed by atoms with E-state index in [1.54, 1.807) is 0 Å². The number of aryl methyl sites for hydroxylation is 4. The van der Waals surface area contributed by atoms with Gasteiger partial charge in [0.2, 0.25) is 0 Å². The number of benzene rings is 1. The highest BCUT2D eigenvalue weighted by atomic mass is 14.9. The van der Waals surface area contributed by atoms with Crippen LogP contribution in [0.3, 0.4) is 0 Å². The van der Waals surface area contributed by atoms with Crippen LogP contribution in [0.4, 0.5) is 0 Å². The fourth-order valence-electron chi connectivity index (χ4n) is 2.15. The maximum Gasteiger partial charge on any atom is 0.129 e. The standard InChI is InChI=1S/C16H21N3/c1-11-6-7-12(2)14(9-11)15-10-13(3)18-16(19-15)5-4-8-17/h6-7,9-10H,4-5,8,17H2,1-3H3. The predicted octanol–water partition coefficient (Wildman–Crippen LogP) is 2.96. The van der Waals surface area contributed by atoms with Gasteiger partial charge in [0.25, 0.3) is 0 Å². The first-order valence-electron chi connectivity index (χ1n) is 6.72. The third-order valence-corrected chi connectivity index (χ3v) is 3.17. The third-order valence-electron chi connectivity index (χ3n) is 3.17. The molecule has 0 fully saturated rings. The van der Waals surface area contributed by atoms with Crippen molar-refractivity contribution in [3.8, 4) is 11.3 Å². The monoisotopic (exact) mass is 255 g/mol. The number of rotatable bonds is 4. The fraction of sp³-hybridized carbons (Fsp3) is 0.375. The molecule has 2 rings (SSSR count). The molecule has 1 heterocycles. The molecule has 0 bridgehead atoms. The van der Waals surface area contributed by atoms with E-state index in [1.165, 1.54) is 16.7 Å². The van der Waals surface area contributed by atoms with Gasteiger partial charge in [0.15, 0.2) is 0 Å². The highest BCUT2D eigenvalue weighted by Crippen LogP contribution is 2.23. The minimum atomic E-state index is 0.677. The molecule has 0 radical (unpaired) electrons. The Labute approximate surface area is 114 Å². The largest absolute Gasteiger partial charge is 0.330 e. The van der Waals surface area contributed by atoms with Crippen molar-refractivity contribution in [2.75, 3.05) is 6.54 Å². The van der Waals surface area contributed by atoms with Gasteiger partial charge >= 0.3 is 0 Å². The average Bonchev–Trinajstić information content (AvgIpc) is 2.38. The van der Waals surface area contributed by atoms with Crippen LogP contribution in [-0.2, 0) is 6.42 Å². The van der Waals surface area contributed by atoms with Crippen LogP contribution in [0, 0.1) is 20.8 Å². The molecule has 0 saturated heterocycles. The highest BCUT2D eigenvalue weighted by Gasteiger charge is 2.07. The molecule has 0 amide bonds. The summed E-state index contributed by atoms with van der Waals surface area (Å²) >= 11 is 0. The van der Waals surface area contributed by atoms with Crippen molar-refractivity contribution in [3.05, 3.63) is 46.9 Å². The quantitative estimate of drug-likeness (QED) is 0.913. The first kappa shape index (κ1) is 13.7. The summed E-state index contributed by atoms with van der Waals surface area (Å²) in [6, 6.07) is 8.50. The third kappa shape index (κ3) is 3.38. The van der Waals surface area contributed by atoms with Gasteiger partial charge in [-0.05, 0) is 51.4 Å². The second-order valence-corrected chi connectivity index (χ2v) is 5.02. The molecular weight excluding hydrogens is 234 g/mol. The molecule has 0 unspecified atom stereocenters. The first-order valence-corrected chi connectivity index (χ1v) is 6.72. The minimum absolute atomic E-state index is 0.677. The van der Waals surface area contributed by atoms with E-state index in [0.717, 1.165) is 30.1 Å². The topological polar surface area (TPSA) is 51.8 Å². The second kappa shape index (κ2) is 5.93. The molecule has 0 atom stereocenters. The van der Waals surface area contributed by atoms with E-state index in [2.05, 4.69) is 42.0 Å². The lowest BCUT2D eigenvalue weighted by Gasteiger charge is -2.09. The second-order valence-electron chi connectivity index (χ2n) is 5.02. The molecule has 0 saturated carbocycles. The molecule has 1 aromatic heterocycles. The molecule has 0 aliphatic carbocycles. The summed E-state index contributed by atoms with van der Waals surface area (Å²) in [4.78, 5) is 9.16. The molecule has 100 valence electrons. The predicted molar refractivity (Wildman–Crippen MR) is 79.1 cm³/mol. The van der Waals surface area contributed by atoms with Crippen LogP contribution < -0.4 is 5.73 Å². The average molecular weight is 255 g/mol. The summed E-state index contributed by atoms with van der Waals surface area (Å²) in [5.41, 5.74) is 11.3. The SMILES string of the molecule is Cc1ccc(C)c(-c2cc(C)nc(CCCN)n2)c1. The van der Waals surface area contributed by atoms with Gasteiger partial charge in [-0.15, -0.1) is 0 Å². The smallest absolute Gasteiger partial charge is 0.129 e. The normalized spacial score (nSPS) is 10.7. The van der Waals surface area contributed by atoms with Crippen molar-refractivity contribution < 1.29 is 0 Å². The molecular formula is C16H21N3. The molecule has 0 spiro atoms. The number of aromatic nitrogens is 2. The Morgan fingerprint density at radius 2 is 1.84 bits per heavy atom. The van der Waals surface area contributed by atoms with E-state index in [4.69, 9.17) is 5.73 Å². The summed E-state index contributed by atoms with van der Waals surface area (Å²) < 4.78 is 0. The van der Waals surface area contributed by atoms with Gasteiger partial charge in [-0.2, -0.15) is 0 Å². The van der Waals surface area contributed by atoms with Gasteiger partial charge < -0.3 is 5.73 Å². The Kier molecular flexibility index (Phi) is 4.27. The van der Waals surface area contributed by atoms with E-state index >= 15 is 0 Å². The molecule has 0 aliphatic heterocycles. The lowest BCUT2D eigenvalue weighted by atomic mass is 10.0. The van der Waals surface area contributed by atoms with E-state index in [0.29, 0.717) is 6.54 Å². The van der Waals surface area contributed by atoms with Crippen LogP contribution in [0.15, 0.2) is 24.3 Å². The van der Waals surface area contributed by atoms with Crippen molar-refractivity contribution in [2.24, 2.45) is 5.73 Å². The maximum absolute atomic E-state index is 5.55. The summed E-state index contributed by atoms with van der Waals surface area (Å²) in [6.45, 7) is 6.91. The zero-order chi connectivity index (χ0) is 13.8. The van der Waals surface area contributed by atoms with Crippen molar-refractivity contribution >= 4 is 0 Å². The number of hydrogen-bond donors (Lipinski definition) is 1. The van der Waals surface area contributed by atoms with Gasteiger partial charge in [-0.25, -0.2) is 9.97 Å². The lowest BCUT2D eigenvalue weighted by Crippen LogP contribution is -2.05. The van der Waals surface area contributed by atoms with Crippen molar-refractivity contribution in [1.29, 1.82) is 0 Å². The van der Waals surface area contributed by atoms with Gasteiger partial charge in [0.1, 0.15) is 5.82 Å². The summed E-state index contributed by atoms with van der Waals surface area (Å²) in [6.07, 6.45) is 1.77.